The van der Waals surface area contributed by atoms with Gasteiger partial charge in [0.1, 0.15) is 5.75 Å². The summed E-state index contributed by atoms with van der Waals surface area (Å²) in [6.45, 7) is 4.46. The molecule has 4 heteroatoms. The van der Waals surface area contributed by atoms with Crippen LogP contribution in [0, 0.1) is 0 Å². The predicted octanol–water partition coefficient (Wildman–Crippen LogP) is 4.72. The molecule has 0 aliphatic carbocycles. The Morgan fingerprint density at radius 2 is 1.48 bits per heavy atom. The first-order valence-corrected chi connectivity index (χ1v) is 9.89. The number of benzene rings is 3. The Bertz CT molecular complexity index is 906. The maximum atomic E-state index is 12.4. The molecule has 0 fully saturated rings. The second-order valence-electron chi connectivity index (χ2n) is 7.16. The molecular formula is C25H28N2O2. The third-order valence-corrected chi connectivity index (χ3v) is 5.04. The van der Waals surface area contributed by atoms with Crippen LogP contribution in [0.2, 0.25) is 0 Å². The number of methoxy groups -OCH3 is 1. The zero-order chi connectivity index (χ0) is 20.6. The normalized spacial score (nSPS) is 12.8. The Labute approximate surface area is 172 Å². The molecule has 2 atom stereocenters. The van der Waals surface area contributed by atoms with Gasteiger partial charge in [0.05, 0.1) is 13.2 Å². The second-order valence-corrected chi connectivity index (χ2v) is 7.16. The van der Waals surface area contributed by atoms with Gasteiger partial charge in [0.25, 0.3) is 0 Å². The molecule has 0 aliphatic rings. The lowest BCUT2D eigenvalue weighted by Crippen LogP contribution is -2.42. The van der Waals surface area contributed by atoms with Gasteiger partial charge >= 0.3 is 0 Å². The monoisotopic (exact) mass is 388 g/mol. The highest BCUT2D eigenvalue weighted by Gasteiger charge is 2.16. The quantitative estimate of drug-likeness (QED) is 0.587. The minimum atomic E-state index is -0.294. The molecule has 4 nitrogen and oxygen atoms in total. The number of amides is 1. The van der Waals surface area contributed by atoms with Gasteiger partial charge in [-0.1, -0.05) is 66.7 Å². The van der Waals surface area contributed by atoms with Crippen LogP contribution in [0.15, 0.2) is 78.9 Å². The van der Waals surface area contributed by atoms with Crippen LogP contribution in [0.5, 0.6) is 5.75 Å². The number of rotatable bonds is 8. The Morgan fingerprint density at radius 3 is 2.10 bits per heavy atom. The molecule has 0 unspecified atom stereocenters. The van der Waals surface area contributed by atoms with Gasteiger partial charge in [0, 0.05) is 12.6 Å². The summed E-state index contributed by atoms with van der Waals surface area (Å²) in [6, 6.07) is 26.2. The average molecular weight is 389 g/mol. The molecule has 0 aliphatic heterocycles. The number of hydrogen-bond acceptors (Lipinski definition) is 3. The van der Waals surface area contributed by atoms with Gasteiger partial charge in [-0.05, 0) is 48.2 Å². The van der Waals surface area contributed by atoms with Crippen molar-refractivity contribution in [2.45, 2.75) is 32.5 Å². The van der Waals surface area contributed by atoms with E-state index >= 15 is 0 Å². The van der Waals surface area contributed by atoms with Gasteiger partial charge in [0.2, 0.25) is 5.91 Å². The summed E-state index contributed by atoms with van der Waals surface area (Å²) in [4.78, 5) is 12.4. The second kappa shape index (κ2) is 9.89. The first-order chi connectivity index (χ1) is 14.1. The smallest absolute Gasteiger partial charge is 0.237 e. The minimum Gasteiger partial charge on any atom is -0.497 e. The summed E-state index contributed by atoms with van der Waals surface area (Å²) in [5, 5.41) is 6.36. The molecule has 150 valence electrons. The predicted molar refractivity (Wildman–Crippen MR) is 118 cm³/mol. The van der Waals surface area contributed by atoms with Gasteiger partial charge in [-0.3, -0.25) is 10.1 Å². The molecule has 0 saturated heterocycles. The molecule has 0 saturated carbocycles. The molecule has 3 rings (SSSR count). The third kappa shape index (κ3) is 5.69. The molecular weight excluding hydrogens is 360 g/mol. The van der Waals surface area contributed by atoms with E-state index in [4.69, 9.17) is 4.74 Å². The molecule has 3 aromatic carbocycles. The van der Waals surface area contributed by atoms with E-state index in [-0.39, 0.29) is 18.0 Å². The maximum absolute atomic E-state index is 12.4. The lowest BCUT2D eigenvalue weighted by atomic mass is 10.0. The van der Waals surface area contributed by atoms with Crippen molar-refractivity contribution in [2.24, 2.45) is 0 Å². The fraction of sp³-hybridized carbons (Fsp3) is 0.240. The van der Waals surface area contributed by atoms with Crippen molar-refractivity contribution in [3.05, 3.63) is 90.0 Å². The molecule has 0 heterocycles. The summed E-state index contributed by atoms with van der Waals surface area (Å²) < 4.78 is 5.15. The van der Waals surface area contributed by atoms with E-state index in [2.05, 4.69) is 54.0 Å². The fourth-order valence-electron chi connectivity index (χ4n) is 3.23. The van der Waals surface area contributed by atoms with E-state index < -0.39 is 0 Å². The van der Waals surface area contributed by atoms with E-state index in [1.54, 1.807) is 7.11 Å². The molecule has 0 radical (unpaired) electrons. The van der Waals surface area contributed by atoms with Crippen LogP contribution in [0.4, 0.5) is 0 Å². The zero-order valence-electron chi connectivity index (χ0n) is 17.2. The van der Waals surface area contributed by atoms with Gasteiger partial charge in [-0.15, -0.1) is 0 Å². The Hall–Kier alpha value is -3.11. The summed E-state index contributed by atoms with van der Waals surface area (Å²) in [6.07, 6.45) is 0. The molecule has 1 amide bonds. The highest BCUT2D eigenvalue weighted by molar-refractivity contribution is 5.81. The summed E-state index contributed by atoms with van der Waals surface area (Å²) in [5.41, 5.74) is 4.58. The molecule has 3 aromatic rings. The van der Waals surface area contributed by atoms with Crippen LogP contribution >= 0.6 is 0 Å². The summed E-state index contributed by atoms with van der Waals surface area (Å²) in [7, 11) is 1.64. The molecule has 0 aromatic heterocycles. The van der Waals surface area contributed by atoms with Crippen LogP contribution in [-0.4, -0.2) is 19.1 Å². The molecule has 29 heavy (non-hydrogen) atoms. The Balaban J connectivity index is 1.52. The van der Waals surface area contributed by atoms with Crippen molar-refractivity contribution in [3.8, 4) is 16.9 Å². The van der Waals surface area contributed by atoms with E-state index in [9.17, 15) is 4.79 Å². The van der Waals surface area contributed by atoms with Crippen LogP contribution in [0.3, 0.4) is 0 Å². The van der Waals surface area contributed by atoms with E-state index in [1.165, 1.54) is 11.1 Å². The highest BCUT2D eigenvalue weighted by atomic mass is 16.5. The summed E-state index contributed by atoms with van der Waals surface area (Å²) >= 11 is 0. The average Bonchev–Trinajstić information content (AvgIpc) is 2.78. The van der Waals surface area contributed by atoms with Crippen LogP contribution in [0.25, 0.3) is 11.1 Å². The lowest BCUT2D eigenvalue weighted by molar-refractivity contribution is -0.123. The lowest BCUT2D eigenvalue weighted by Gasteiger charge is -2.20. The third-order valence-electron chi connectivity index (χ3n) is 5.04. The number of ether oxygens (including phenoxy) is 1. The van der Waals surface area contributed by atoms with E-state index in [1.807, 2.05) is 49.4 Å². The number of carbonyl (C=O) groups excluding carboxylic acids is 1. The van der Waals surface area contributed by atoms with Crippen molar-refractivity contribution in [1.29, 1.82) is 0 Å². The van der Waals surface area contributed by atoms with Gasteiger partial charge in [0.15, 0.2) is 0 Å². The van der Waals surface area contributed by atoms with E-state index in [0.29, 0.717) is 6.54 Å². The summed E-state index contributed by atoms with van der Waals surface area (Å²) in [5.74, 6) is 0.788. The Kier molecular flexibility index (Phi) is 7.04. The first-order valence-electron chi connectivity index (χ1n) is 9.89. The fourth-order valence-corrected chi connectivity index (χ4v) is 3.23. The van der Waals surface area contributed by atoms with Crippen LogP contribution < -0.4 is 15.4 Å². The van der Waals surface area contributed by atoms with Crippen LogP contribution in [0.1, 0.15) is 31.0 Å². The Morgan fingerprint density at radius 1 is 0.862 bits per heavy atom. The standard InChI is InChI=1S/C25H28N2O2/c1-18(21-11-13-23(14-12-21)22-7-5-4-6-8-22)27-19(2)25(28)26-17-20-9-15-24(29-3)16-10-20/h4-16,18-19,27H,17H2,1-3H3,(H,26,28)/t18-,19-/m1/s1. The van der Waals surface area contributed by atoms with Crippen LogP contribution in [-0.2, 0) is 11.3 Å². The van der Waals surface area contributed by atoms with Crippen molar-refractivity contribution >= 4 is 5.91 Å². The van der Waals surface area contributed by atoms with Gasteiger partial charge in [-0.25, -0.2) is 0 Å². The van der Waals surface area contributed by atoms with Crippen molar-refractivity contribution in [1.82, 2.24) is 10.6 Å². The zero-order valence-corrected chi connectivity index (χ0v) is 17.2. The minimum absolute atomic E-state index is 0.0198. The first kappa shape index (κ1) is 20.6. The van der Waals surface area contributed by atoms with Crippen molar-refractivity contribution in [2.75, 3.05) is 7.11 Å². The highest BCUT2D eigenvalue weighted by Crippen LogP contribution is 2.22. The van der Waals surface area contributed by atoms with Crippen molar-refractivity contribution < 1.29 is 9.53 Å². The number of nitrogens with one attached hydrogen (secondary N) is 2. The largest absolute Gasteiger partial charge is 0.497 e. The van der Waals surface area contributed by atoms with E-state index in [0.717, 1.165) is 16.9 Å². The number of carbonyl (C=O) groups is 1. The SMILES string of the molecule is COc1ccc(CNC(=O)[C@@H](C)N[C@H](C)c2ccc(-c3ccccc3)cc2)cc1. The molecule has 2 N–H and O–H groups in total. The van der Waals surface area contributed by atoms with Crippen molar-refractivity contribution in [3.63, 3.8) is 0 Å². The molecule has 0 bridgehead atoms. The van der Waals surface area contributed by atoms with Gasteiger partial charge in [-0.2, -0.15) is 0 Å². The molecule has 0 spiro atoms. The maximum Gasteiger partial charge on any atom is 0.237 e. The topological polar surface area (TPSA) is 50.4 Å². The number of hydrogen-bond donors (Lipinski definition) is 2. The van der Waals surface area contributed by atoms with Gasteiger partial charge < -0.3 is 10.1 Å².